The lowest BCUT2D eigenvalue weighted by molar-refractivity contribution is -0.121. The van der Waals surface area contributed by atoms with Gasteiger partial charge in [0.25, 0.3) is 0 Å². The van der Waals surface area contributed by atoms with Gasteiger partial charge in [-0.05, 0) is 55.3 Å². The van der Waals surface area contributed by atoms with Crippen molar-refractivity contribution in [1.29, 1.82) is 0 Å². The zero-order valence-electron chi connectivity index (χ0n) is 12.9. The van der Waals surface area contributed by atoms with Crippen molar-refractivity contribution >= 4 is 5.91 Å². The van der Waals surface area contributed by atoms with Crippen LogP contribution in [-0.4, -0.2) is 17.4 Å². The van der Waals surface area contributed by atoms with Crippen molar-refractivity contribution in [2.45, 2.75) is 46.6 Å². The van der Waals surface area contributed by atoms with E-state index < -0.39 is 0 Å². The van der Waals surface area contributed by atoms with Crippen molar-refractivity contribution in [2.24, 2.45) is 17.6 Å². The molecule has 0 aromatic carbocycles. The summed E-state index contributed by atoms with van der Waals surface area (Å²) in [5, 5.41) is 2.98. The first-order valence-corrected chi connectivity index (χ1v) is 7.40. The van der Waals surface area contributed by atoms with E-state index >= 15 is 0 Å². The number of hydrogen-bond donors (Lipinski definition) is 2. The summed E-state index contributed by atoms with van der Waals surface area (Å²) in [6.07, 6.45) is 6.06. The van der Waals surface area contributed by atoms with Gasteiger partial charge in [-0.25, -0.2) is 0 Å². The number of rotatable bonds is 8. The van der Waals surface area contributed by atoms with Gasteiger partial charge in [0.2, 0.25) is 5.91 Å². The average molecular weight is 277 g/mol. The number of aryl methyl sites for hydroxylation is 1. The van der Waals surface area contributed by atoms with Gasteiger partial charge in [0.05, 0.1) is 0 Å². The Hall–Kier alpha value is -1.42. The Morgan fingerprint density at radius 2 is 2.15 bits per heavy atom. The first-order valence-electron chi connectivity index (χ1n) is 7.40. The highest BCUT2D eigenvalue weighted by Gasteiger charge is 2.14. The van der Waals surface area contributed by atoms with Gasteiger partial charge >= 0.3 is 0 Å². The molecule has 0 bridgehead atoms. The maximum absolute atomic E-state index is 11.9. The second-order valence-electron chi connectivity index (χ2n) is 5.70. The van der Waals surface area contributed by atoms with Gasteiger partial charge in [0.15, 0.2) is 0 Å². The Balaban J connectivity index is 2.35. The molecule has 112 valence electrons. The van der Waals surface area contributed by atoms with Gasteiger partial charge in [0, 0.05) is 25.4 Å². The van der Waals surface area contributed by atoms with Crippen LogP contribution in [0, 0.1) is 18.8 Å². The van der Waals surface area contributed by atoms with E-state index in [0.29, 0.717) is 31.3 Å². The summed E-state index contributed by atoms with van der Waals surface area (Å²) in [7, 11) is 0. The molecule has 4 heteroatoms. The van der Waals surface area contributed by atoms with Gasteiger partial charge in [0.1, 0.15) is 0 Å². The number of aromatic nitrogens is 1. The lowest BCUT2D eigenvalue weighted by Gasteiger charge is -2.19. The molecule has 1 unspecified atom stereocenters. The number of nitrogens with zero attached hydrogens (tertiary/aromatic N) is 1. The minimum absolute atomic E-state index is 0.115. The third kappa shape index (κ3) is 5.70. The van der Waals surface area contributed by atoms with Crippen molar-refractivity contribution in [2.75, 3.05) is 6.54 Å². The molecule has 0 aliphatic rings. The molecular weight excluding hydrogens is 250 g/mol. The Kier molecular flexibility index (Phi) is 7.23. The molecular formula is C16H27N3O. The number of nitrogens with one attached hydrogen (secondary N) is 1. The van der Waals surface area contributed by atoms with Crippen LogP contribution in [0.4, 0.5) is 0 Å². The molecule has 3 N–H and O–H groups in total. The van der Waals surface area contributed by atoms with E-state index in [-0.39, 0.29) is 5.91 Å². The van der Waals surface area contributed by atoms with Crippen molar-refractivity contribution in [3.8, 4) is 0 Å². The van der Waals surface area contributed by atoms with E-state index in [1.165, 1.54) is 0 Å². The molecule has 1 amide bonds. The molecule has 20 heavy (non-hydrogen) atoms. The molecule has 0 aliphatic carbocycles. The summed E-state index contributed by atoms with van der Waals surface area (Å²) in [4.78, 5) is 15.9. The van der Waals surface area contributed by atoms with Crippen LogP contribution in [0.5, 0.6) is 0 Å². The third-order valence-corrected chi connectivity index (χ3v) is 3.83. The molecule has 1 heterocycles. The first-order chi connectivity index (χ1) is 9.54. The number of pyridine rings is 1. The largest absolute Gasteiger partial charge is 0.352 e. The Bertz CT molecular complexity index is 418. The van der Waals surface area contributed by atoms with Crippen molar-refractivity contribution < 1.29 is 4.79 Å². The predicted octanol–water partition coefficient (Wildman–Crippen LogP) is 2.41. The number of amides is 1. The maximum atomic E-state index is 11.9. The highest BCUT2D eigenvalue weighted by Crippen LogP contribution is 2.20. The van der Waals surface area contributed by atoms with Gasteiger partial charge in [-0.2, -0.15) is 0 Å². The Morgan fingerprint density at radius 3 is 2.75 bits per heavy atom. The van der Waals surface area contributed by atoms with Crippen LogP contribution in [0.15, 0.2) is 18.5 Å². The van der Waals surface area contributed by atoms with Crippen LogP contribution in [0.25, 0.3) is 0 Å². The Labute approximate surface area is 122 Å². The minimum Gasteiger partial charge on any atom is -0.352 e. The molecule has 1 aromatic rings. The fourth-order valence-electron chi connectivity index (χ4n) is 2.32. The molecule has 0 fully saturated rings. The highest BCUT2D eigenvalue weighted by molar-refractivity contribution is 5.75. The third-order valence-electron chi connectivity index (χ3n) is 3.83. The smallest absolute Gasteiger partial charge is 0.220 e. The number of carbonyl (C=O) groups is 1. The number of nitrogens with two attached hydrogens (primary N) is 1. The minimum atomic E-state index is 0.115. The summed E-state index contributed by atoms with van der Waals surface area (Å²) in [5.41, 5.74) is 7.85. The second-order valence-corrected chi connectivity index (χ2v) is 5.70. The van der Waals surface area contributed by atoms with Crippen LogP contribution < -0.4 is 11.1 Å². The summed E-state index contributed by atoms with van der Waals surface area (Å²) in [6, 6.07) is 1.95. The second kappa shape index (κ2) is 8.69. The van der Waals surface area contributed by atoms with E-state index in [0.717, 1.165) is 24.0 Å². The van der Waals surface area contributed by atoms with Gasteiger partial charge in [-0.15, -0.1) is 0 Å². The normalized spacial score (nSPS) is 12.4. The lowest BCUT2D eigenvalue weighted by atomic mass is 9.88. The fraction of sp³-hybridized carbons (Fsp3) is 0.625. The zero-order valence-corrected chi connectivity index (χ0v) is 12.9. The summed E-state index contributed by atoms with van der Waals surface area (Å²) < 4.78 is 0. The maximum Gasteiger partial charge on any atom is 0.220 e. The molecule has 0 radical (unpaired) electrons. The summed E-state index contributed by atoms with van der Waals surface area (Å²) in [5.74, 6) is 1.23. The standard InChI is InChI=1S/C16H27N3O/c1-12(2)14(6-8-17)4-5-16(20)19-11-15-7-9-18-10-13(15)3/h7,9-10,12,14H,4-6,8,11,17H2,1-3H3,(H,19,20). The molecule has 1 atom stereocenters. The van der Waals surface area contributed by atoms with Crippen LogP contribution in [0.1, 0.15) is 44.2 Å². The lowest BCUT2D eigenvalue weighted by Crippen LogP contribution is -2.24. The number of carbonyl (C=O) groups excluding carboxylic acids is 1. The Morgan fingerprint density at radius 1 is 1.40 bits per heavy atom. The highest BCUT2D eigenvalue weighted by atomic mass is 16.1. The van der Waals surface area contributed by atoms with E-state index in [1.54, 1.807) is 6.20 Å². The van der Waals surface area contributed by atoms with Gasteiger partial charge < -0.3 is 11.1 Å². The first kappa shape index (κ1) is 16.6. The average Bonchev–Trinajstić information content (AvgIpc) is 2.42. The molecule has 1 rings (SSSR count). The van der Waals surface area contributed by atoms with Crippen LogP contribution in [0.2, 0.25) is 0 Å². The number of hydrogen-bond acceptors (Lipinski definition) is 3. The molecule has 1 aromatic heterocycles. The molecule has 0 saturated carbocycles. The fourth-order valence-corrected chi connectivity index (χ4v) is 2.32. The van der Waals surface area contributed by atoms with E-state index in [4.69, 9.17) is 5.73 Å². The van der Waals surface area contributed by atoms with Crippen LogP contribution in [-0.2, 0) is 11.3 Å². The summed E-state index contributed by atoms with van der Waals surface area (Å²) in [6.45, 7) is 7.67. The molecule has 0 spiro atoms. The van der Waals surface area contributed by atoms with Crippen molar-refractivity contribution in [3.63, 3.8) is 0 Å². The van der Waals surface area contributed by atoms with E-state index in [1.807, 2.05) is 19.2 Å². The molecule has 4 nitrogen and oxygen atoms in total. The summed E-state index contributed by atoms with van der Waals surface area (Å²) >= 11 is 0. The van der Waals surface area contributed by atoms with Crippen molar-refractivity contribution in [1.82, 2.24) is 10.3 Å². The predicted molar refractivity (Wildman–Crippen MR) is 82.1 cm³/mol. The monoisotopic (exact) mass is 277 g/mol. The van der Waals surface area contributed by atoms with E-state index in [2.05, 4.69) is 24.1 Å². The van der Waals surface area contributed by atoms with Gasteiger partial charge in [-0.3, -0.25) is 9.78 Å². The van der Waals surface area contributed by atoms with Crippen LogP contribution >= 0.6 is 0 Å². The van der Waals surface area contributed by atoms with Gasteiger partial charge in [-0.1, -0.05) is 13.8 Å². The van der Waals surface area contributed by atoms with Crippen LogP contribution in [0.3, 0.4) is 0 Å². The van der Waals surface area contributed by atoms with E-state index in [9.17, 15) is 4.79 Å². The molecule has 0 aliphatic heterocycles. The quantitative estimate of drug-likeness (QED) is 0.766. The van der Waals surface area contributed by atoms with Crippen molar-refractivity contribution in [3.05, 3.63) is 29.6 Å². The topological polar surface area (TPSA) is 68.0 Å². The zero-order chi connectivity index (χ0) is 15.0. The molecule has 0 saturated heterocycles. The SMILES string of the molecule is Cc1cnccc1CNC(=O)CCC(CCN)C(C)C.